The van der Waals surface area contributed by atoms with Gasteiger partial charge in [-0.1, -0.05) is 23.7 Å². The van der Waals surface area contributed by atoms with Crippen molar-refractivity contribution < 1.29 is 22.7 Å². The molecule has 2 fully saturated rings. The third-order valence-electron chi connectivity index (χ3n) is 6.38. The van der Waals surface area contributed by atoms with Gasteiger partial charge in [-0.15, -0.1) is 11.8 Å². The number of thioether (sulfide) groups is 1. The van der Waals surface area contributed by atoms with E-state index >= 15 is 0 Å². The van der Waals surface area contributed by atoms with Crippen LogP contribution in [0.3, 0.4) is 0 Å². The molecule has 2 saturated heterocycles. The summed E-state index contributed by atoms with van der Waals surface area (Å²) < 4.78 is 31.5. The van der Waals surface area contributed by atoms with Crippen molar-refractivity contribution in [1.82, 2.24) is 9.80 Å². The van der Waals surface area contributed by atoms with Crippen LogP contribution in [0.2, 0.25) is 5.02 Å². The molecule has 35 heavy (non-hydrogen) atoms. The van der Waals surface area contributed by atoms with Crippen LogP contribution in [0.25, 0.3) is 10.8 Å². The van der Waals surface area contributed by atoms with Crippen LogP contribution in [0.1, 0.15) is 40.0 Å². The van der Waals surface area contributed by atoms with E-state index in [0.717, 1.165) is 10.8 Å². The van der Waals surface area contributed by atoms with Gasteiger partial charge in [-0.05, 0) is 75.1 Å². The Kier molecular flexibility index (Phi) is 7.33. The number of sulfone groups is 1. The minimum Gasteiger partial charge on any atom is -0.444 e. The molecule has 2 amide bonds. The summed E-state index contributed by atoms with van der Waals surface area (Å²) in [6, 6.07) is 10.4. The van der Waals surface area contributed by atoms with Crippen molar-refractivity contribution in [1.29, 1.82) is 0 Å². The fraction of sp³-hybridized carbons (Fsp3) is 0.520. The van der Waals surface area contributed by atoms with E-state index in [1.807, 2.05) is 31.7 Å². The van der Waals surface area contributed by atoms with Crippen molar-refractivity contribution in [2.75, 3.05) is 31.1 Å². The summed E-state index contributed by atoms with van der Waals surface area (Å²) in [4.78, 5) is 28.5. The van der Waals surface area contributed by atoms with Gasteiger partial charge in [0.15, 0.2) is 9.84 Å². The second-order valence-corrected chi connectivity index (χ2v) is 14.0. The third-order valence-corrected chi connectivity index (χ3v) is 9.97. The zero-order valence-electron chi connectivity index (χ0n) is 20.3. The highest BCUT2D eigenvalue weighted by atomic mass is 35.5. The summed E-state index contributed by atoms with van der Waals surface area (Å²) in [5.41, 5.74) is -0.556. The zero-order valence-corrected chi connectivity index (χ0v) is 22.6. The van der Waals surface area contributed by atoms with E-state index < -0.39 is 15.4 Å². The number of carbonyl (C=O) groups excluding carboxylic acids is 2. The Labute approximate surface area is 216 Å². The minimum absolute atomic E-state index is 0.0284. The van der Waals surface area contributed by atoms with Gasteiger partial charge in [0.25, 0.3) is 0 Å². The molecule has 2 heterocycles. The van der Waals surface area contributed by atoms with Crippen molar-refractivity contribution in [2.24, 2.45) is 0 Å². The SMILES string of the molecule is CC(C)(C)OC(=O)N1CCC2(CC1)SCC(=O)N2CCCS(=O)(=O)c1ccc2cc(Cl)ccc2c1. The molecule has 1 spiro atoms. The van der Waals surface area contributed by atoms with E-state index in [9.17, 15) is 18.0 Å². The molecule has 0 atom stereocenters. The number of likely N-dealkylation sites (tertiary alicyclic amines) is 1. The maximum absolute atomic E-state index is 13.0. The van der Waals surface area contributed by atoms with Crippen LogP contribution in [0.15, 0.2) is 41.3 Å². The minimum atomic E-state index is -3.50. The van der Waals surface area contributed by atoms with E-state index in [1.54, 1.807) is 47.0 Å². The summed E-state index contributed by atoms with van der Waals surface area (Å²) in [5.74, 6) is 0.369. The van der Waals surface area contributed by atoms with Gasteiger partial charge in [-0.25, -0.2) is 13.2 Å². The maximum atomic E-state index is 13.0. The summed E-state index contributed by atoms with van der Waals surface area (Å²) in [6.07, 6.45) is 1.30. The monoisotopic (exact) mass is 538 g/mol. The predicted octanol–water partition coefficient (Wildman–Crippen LogP) is 4.96. The molecule has 0 N–H and O–H groups in total. The van der Waals surface area contributed by atoms with Crippen molar-refractivity contribution in [2.45, 2.75) is 55.4 Å². The zero-order chi connectivity index (χ0) is 25.4. The number of piperidine rings is 1. The van der Waals surface area contributed by atoms with Gasteiger partial charge in [0.2, 0.25) is 5.91 Å². The van der Waals surface area contributed by atoms with Gasteiger partial charge >= 0.3 is 6.09 Å². The van der Waals surface area contributed by atoms with Crippen LogP contribution in [-0.2, 0) is 19.4 Å². The van der Waals surface area contributed by atoms with Crippen LogP contribution in [0.5, 0.6) is 0 Å². The van der Waals surface area contributed by atoms with E-state index in [4.69, 9.17) is 16.3 Å². The summed E-state index contributed by atoms with van der Waals surface area (Å²) >= 11 is 7.63. The molecule has 2 aliphatic heterocycles. The lowest BCUT2D eigenvalue weighted by atomic mass is 10.0. The molecule has 2 aromatic carbocycles. The van der Waals surface area contributed by atoms with Crippen molar-refractivity contribution >= 4 is 56.0 Å². The molecule has 4 rings (SSSR count). The molecule has 2 aromatic rings. The number of amides is 2. The topological polar surface area (TPSA) is 84.0 Å². The molecular weight excluding hydrogens is 508 g/mol. The Balaban J connectivity index is 1.38. The first-order chi connectivity index (χ1) is 16.4. The number of hydrogen-bond acceptors (Lipinski definition) is 6. The van der Waals surface area contributed by atoms with Crippen molar-refractivity contribution in [3.05, 3.63) is 41.4 Å². The molecule has 10 heteroatoms. The summed E-state index contributed by atoms with van der Waals surface area (Å²) in [7, 11) is -3.50. The Morgan fingerprint density at radius 2 is 1.77 bits per heavy atom. The second kappa shape index (κ2) is 9.82. The average Bonchev–Trinajstić information content (AvgIpc) is 3.07. The molecule has 2 aliphatic rings. The molecule has 7 nitrogen and oxygen atoms in total. The van der Waals surface area contributed by atoms with E-state index in [2.05, 4.69) is 0 Å². The van der Waals surface area contributed by atoms with Gasteiger partial charge in [-0.3, -0.25) is 4.79 Å². The van der Waals surface area contributed by atoms with Crippen molar-refractivity contribution in [3.8, 4) is 0 Å². The average molecular weight is 539 g/mol. The maximum Gasteiger partial charge on any atom is 0.410 e. The number of ether oxygens (including phenoxy) is 1. The molecule has 0 radical (unpaired) electrons. The van der Waals surface area contributed by atoms with Gasteiger partial charge in [0.05, 0.1) is 21.3 Å². The normalized spacial score (nSPS) is 18.5. The van der Waals surface area contributed by atoms with Crippen LogP contribution in [-0.4, -0.2) is 71.8 Å². The van der Waals surface area contributed by atoms with E-state index in [-0.39, 0.29) is 27.5 Å². The first-order valence-electron chi connectivity index (χ1n) is 11.7. The summed E-state index contributed by atoms with van der Waals surface area (Å²) in [6.45, 7) is 6.90. The Hall–Kier alpha value is -1.97. The first-order valence-corrected chi connectivity index (χ1v) is 14.7. The number of halogens is 1. The molecule has 0 bridgehead atoms. The Morgan fingerprint density at radius 1 is 1.11 bits per heavy atom. The number of benzene rings is 2. The molecule has 190 valence electrons. The van der Waals surface area contributed by atoms with Crippen molar-refractivity contribution in [3.63, 3.8) is 0 Å². The number of nitrogens with zero attached hydrogens (tertiary/aromatic N) is 2. The summed E-state index contributed by atoms with van der Waals surface area (Å²) in [5, 5.41) is 2.31. The number of hydrogen-bond donors (Lipinski definition) is 0. The Morgan fingerprint density at radius 3 is 2.46 bits per heavy atom. The molecular formula is C25H31ClN2O5S2. The lowest BCUT2D eigenvalue weighted by Crippen LogP contribution is -2.53. The highest BCUT2D eigenvalue weighted by molar-refractivity contribution is 8.01. The molecule has 0 unspecified atom stereocenters. The first kappa shape index (κ1) is 26.1. The van der Waals surface area contributed by atoms with Gasteiger partial charge in [0, 0.05) is 24.7 Å². The third kappa shape index (κ3) is 5.89. The highest BCUT2D eigenvalue weighted by Gasteiger charge is 2.48. The van der Waals surface area contributed by atoms with Gasteiger partial charge in [-0.2, -0.15) is 0 Å². The number of rotatable bonds is 5. The van der Waals surface area contributed by atoms with Crippen LogP contribution in [0, 0.1) is 0 Å². The quantitative estimate of drug-likeness (QED) is 0.535. The van der Waals surface area contributed by atoms with Crippen LogP contribution in [0.4, 0.5) is 4.79 Å². The second-order valence-electron chi connectivity index (χ2n) is 10.1. The molecule has 0 aromatic heterocycles. The predicted molar refractivity (Wildman–Crippen MR) is 140 cm³/mol. The number of fused-ring (bicyclic) bond motifs is 1. The fourth-order valence-corrected chi connectivity index (χ4v) is 7.48. The van der Waals surface area contributed by atoms with E-state index in [0.29, 0.717) is 49.7 Å². The van der Waals surface area contributed by atoms with Gasteiger partial charge in [0.1, 0.15) is 5.60 Å². The molecule has 0 aliphatic carbocycles. The van der Waals surface area contributed by atoms with Crippen LogP contribution < -0.4 is 0 Å². The molecule has 0 saturated carbocycles. The lowest BCUT2D eigenvalue weighted by Gasteiger charge is -2.44. The largest absolute Gasteiger partial charge is 0.444 e. The van der Waals surface area contributed by atoms with Crippen LogP contribution >= 0.6 is 23.4 Å². The number of carbonyl (C=O) groups is 2. The lowest BCUT2D eigenvalue weighted by molar-refractivity contribution is -0.131. The standard InChI is InChI=1S/C25H31ClN2O5S2/c1-24(2,3)33-23(30)27-12-9-25(10-13-27)28(22(29)17-34-25)11-4-14-35(31,32)21-8-6-18-15-20(26)7-5-19(18)16-21/h5-8,15-16H,4,9-14,17H2,1-3H3. The van der Waals surface area contributed by atoms with E-state index in [1.165, 1.54) is 0 Å². The van der Waals surface area contributed by atoms with Gasteiger partial charge < -0.3 is 14.5 Å². The smallest absolute Gasteiger partial charge is 0.410 e. The fourth-order valence-electron chi connectivity index (χ4n) is 4.61. The Bertz CT molecular complexity index is 1230. The highest BCUT2D eigenvalue weighted by Crippen LogP contribution is 2.44.